The van der Waals surface area contributed by atoms with Gasteiger partial charge in [-0.1, -0.05) is 19.9 Å². The van der Waals surface area contributed by atoms with Crippen LogP contribution in [0.2, 0.25) is 0 Å². The Hall–Kier alpha value is -3.67. The average Bonchev–Trinajstić information content (AvgIpc) is 4.12. The number of likely N-dealkylation sites (tertiary alicyclic amines) is 4. The molecular formula is C53H100N6O11. The number of nitrogens with one attached hydrogen (secondary N) is 2. The first kappa shape index (κ1) is 64.3. The lowest BCUT2D eigenvalue weighted by Gasteiger charge is -2.28. The van der Waals surface area contributed by atoms with E-state index < -0.39 is 16.8 Å². The number of nitrogens with zero attached hydrogens (tertiary/aromatic N) is 4. The van der Waals surface area contributed by atoms with Crippen molar-refractivity contribution in [3.05, 3.63) is 12.7 Å². The molecule has 6 fully saturated rings. The van der Waals surface area contributed by atoms with E-state index in [0.717, 1.165) is 96.2 Å². The molecular weight excluding hydrogens is 897 g/mol. The number of hydrogen-bond acceptors (Lipinski definition) is 13. The highest BCUT2D eigenvalue weighted by Gasteiger charge is 2.34. The van der Waals surface area contributed by atoms with Gasteiger partial charge in [0.1, 0.15) is 28.7 Å². The van der Waals surface area contributed by atoms with E-state index in [2.05, 4.69) is 31.1 Å². The Labute approximate surface area is 423 Å². The van der Waals surface area contributed by atoms with Crippen LogP contribution in [0.25, 0.3) is 0 Å². The summed E-state index contributed by atoms with van der Waals surface area (Å²) in [4.78, 5) is 64.0. The molecule has 6 atom stereocenters. The van der Waals surface area contributed by atoms with Gasteiger partial charge in [0.25, 0.3) is 0 Å². The van der Waals surface area contributed by atoms with Crippen LogP contribution >= 0.6 is 0 Å². The van der Waals surface area contributed by atoms with Gasteiger partial charge in [-0.25, -0.2) is 19.2 Å². The first-order valence-electron chi connectivity index (χ1n) is 26.4. The number of aliphatic hydroxyl groups excluding tert-OH is 2. The molecule has 4 amide bonds. The fourth-order valence-electron chi connectivity index (χ4n) is 8.49. The molecule has 6 aliphatic heterocycles. The number of rotatable bonds is 6. The van der Waals surface area contributed by atoms with Crippen molar-refractivity contribution in [1.29, 1.82) is 0 Å². The maximum atomic E-state index is 11.7. The van der Waals surface area contributed by atoms with Gasteiger partial charge in [0.05, 0.1) is 31.3 Å². The lowest BCUT2D eigenvalue weighted by Crippen LogP contribution is -2.41. The molecule has 0 aromatic rings. The Morgan fingerprint density at radius 3 is 1.17 bits per heavy atom. The normalized spacial score (nSPS) is 24.2. The van der Waals surface area contributed by atoms with Crippen LogP contribution in [0.4, 0.5) is 19.2 Å². The van der Waals surface area contributed by atoms with Gasteiger partial charge in [-0.2, -0.15) is 0 Å². The lowest BCUT2D eigenvalue weighted by atomic mass is 10.2. The van der Waals surface area contributed by atoms with Crippen LogP contribution in [-0.2, 0) is 23.7 Å². The highest BCUT2D eigenvalue weighted by atomic mass is 16.6. The van der Waals surface area contributed by atoms with Crippen LogP contribution in [0.5, 0.6) is 0 Å². The topological polar surface area (TPSA) is 200 Å². The van der Waals surface area contributed by atoms with E-state index in [-0.39, 0.29) is 54.7 Å². The summed E-state index contributed by atoms with van der Waals surface area (Å²) >= 11 is 0. The van der Waals surface area contributed by atoms with Gasteiger partial charge in [0.15, 0.2) is 0 Å². The third-order valence-corrected chi connectivity index (χ3v) is 12.0. The zero-order chi connectivity index (χ0) is 53.3. The van der Waals surface area contributed by atoms with Crippen molar-refractivity contribution in [1.82, 2.24) is 30.2 Å². The predicted octanol–water partition coefficient (Wildman–Crippen LogP) is 9.21. The Morgan fingerprint density at radius 2 is 0.857 bits per heavy atom. The fraction of sp³-hybridized carbons (Fsp3) is 0.868. The number of hydrogen-bond donors (Lipinski definition) is 4. The summed E-state index contributed by atoms with van der Waals surface area (Å²) in [7, 11) is 0. The number of ether oxygens (including phenoxy) is 4. The standard InChI is InChI=1S/C11H21NO2.C11H19NO2.C10H19NO3.C10H17NO3.C6H13N.C5H11NO/c2*1-5-9-7-6-8-12(9)10(13)14-11(2,3)4;2*1-10(2,3)14-9(13)11-6-4-5-8(11)7-12;1-2-6-4-3-5-7-6;7-4-5-2-1-3-6-5/h9H,5-8H2,1-4H3;5,9H,1,6-8H2,2-4H3;8,12H,4-7H2,1-3H3;7-8H,4-6H2,1-3H3;6-7H,2-5H2,1H3;5-7H,1-4H2/t2*9-;2*8-;6-;5-/m001101/s1. The molecule has 70 heavy (non-hydrogen) atoms. The smallest absolute Gasteiger partial charge is 0.410 e. The van der Waals surface area contributed by atoms with E-state index in [1.165, 1.54) is 37.1 Å². The largest absolute Gasteiger partial charge is 0.444 e. The maximum absolute atomic E-state index is 11.7. The first-order chi connectivity index (χ1) is 32.6. The molecule has 4 N–H and O–H groups in total. The van der Waals surface area contributed by atoms with Crippen LogP contribution in [0.15, 0.2) is 12.7 Å². The average molecular weight is 997 g/mol. The second kappa shape index (κ2) is 31.7. The molecule has 6 saturated heterocycles. The SMILES string of the molecule is C=C[C@H]1CCCN1C(=O)OC(C)(C)C.CC(C)(C)OC(=O)N1CCC[C@@H]1C=O.CC(C)(C)OC(=O)N1CCC[C@@H]1CO.CC[C@H]1CCCN1.CC[C@H]1CCCN1C(=O)OC(C)(C)C.OC[C@H]1CCCN1. The predicted molar refractivity (Wildman–Crippen MR) is 277 cm³/mol. The van der Waals surface area contributed by atoms with Gasteiger partial charge >= 0.3 is 24.4 Å². The third kappa shape index (κ3) is 26.7. The molecule has 0 spiro atoms. The lowest BCUT2D eigenvalue weighted by molar-refractivity contribution is -0.111. The number of carbonyl (C=O) groups is 5. The molecule has 0 bridgehead atoms. The zero-order valence-corrected chi connectivity index (χ0v) is 46.2. The van der Waals surface area contributed by atoms with Crippen LogP contribution in [0.3, 0.4) is 0 Å². The van der Waals surface area contributed by atoms with Crippen LogP contribution in [-0.4, -0.2) is 172 Å². The van der Waals surface area contributed by atoms with E-state index in [0.29, 0.717) is 31.8 Å². The van der Waals surface area contributed by atoms with Gasteiger partial charge in [0, 0.05) is 44.3 Å². The molecule has 0 saturated carbocycles. The summed E-state index contributed by atoms with van der Waals surface area (Å²) in [6.45, 7) is 36.0. The van der Waals surface area contributed by atoms with Crippen molar-refractivity contribution in [2.75, 3.05) is 52.5 Å². The van der Waals surface area contributed by atoms with E-state index >= 15 is 0 Å². The molecule has 408 valence electrons. The molecule has 0 radical (unpaired) electrons. The highest BCUT2D eigenvalue weighted by Crippen LogP contribution is 2.24. The monoisotopic (exact) mass is 997 g/mol. The molecule has 6 heterocycles. The van der Waals surface area contributed by atoms with Crippen molar-refractivity contribution >= 4 is 30.7 Å². The van der Waals surface area contributed by atoms with Gasteiger partial charge in [-0.15, -0.1) is 6.58 Å². The van der Waals surface area contributed by atoms with Crippen molar-refractivity contribution in [2.45, 2.75) is 245 Å². The Balaban J connectivity index is 0.000000428. The van der Waals surface area contributed by atoms with Gasteiger partial charge in [-0.3, -0.25) is 4.90 Å². The third-order valence-electron chi connectivity index (χ3n) is 12.0. The second-order valence-corrected chi connectivity index (χ2v) is 22.8. The number of carbonyl (C=O) groups excluding carboxylic acids is 5. The molecule has 0 aliphatic carbocycles. The Kier molecular flexibility index (Phi) is 29.2. The summed E-state index contributed by atoms with van der Waals surface area (Å²) in [5, 5.41) is 24.1. The Morgan fingerprint density at radius 1 is 0.500 bits per heavy atom. The van der Waals surface area contributed by atoms with Crippen molar-refractivity contribution in [2.24, 2.45) is 0 Å². The van der Waals surface area contributed by atoms with E-state index in [4.69, 9.17) is 29.2 Å². The maximum Gasteiger partial charge on any atom is 0.410 e. The summed E-state index contributed by atoms with van der Waals surface area (Å²) in [6.07, 6.45) is 16.8. The van der Waals surface area contributed by atoms with E-state index in [1.54, 1.807) is 9.80 Å². The minimum absolute atomic E-state index is 0.0270. The molecule has 0 unspecified atom stereocenters. The van der Waals surface area contributed by atoms with E-state index in [9.17, 15) is 24.0 Å². The second-order valence-electron chi connectivity index (χ2n) is 22.8. The summed E-state index contributed by atoms with van der Waals surface area (Å²) in [5.41, 5.74) is -1.74. The minimum atomic E-state index is -0.493. The number of amides is 4. The van der Waals surface area contributed by atoms with Crippen molar-refractivity contribution < 1.29 is 53.1 Å². The van der Waals surface area contributed by atoms with Crippen LogP contribution < -0.4 is 10.6 Å². The van der Waals surface area contributed by atoms with Crippen LogP contribution in [0, 0.1) is 0 Å². The summed E-state index contributed by atoms with van der Waals surface area (Å²) in [5.74, 6) is 0. The number of aliphatic hydroxyl groups is 2. The molecule has 6 rings (SSSR count). The van der Waals surface area contributed by atoms with Crippen molar-refractivity contribution in [3.63, 3.8) is 0 Å². The first-order valence-corrected chi connectivity index (χ1v) is 26.4. The minimum Gasteiger partial charge on any atom is -0.444 e. The summed E-state index contributed by atoms with van der Waals surface area (Å²) < 4.78 is 21.0. The Bertz CT molecular complexity index is 1410. The molecule has 0 aromatic carbocycles. The van der Waals surface area contributed by atoms with E-state index in [1.807, 2.05) is 94.1 Å². The fourth-order valence-corrected chi connectivity index (χ4v) is 8.49. The van der Waals surface area contributed by atoms with Crippen molar-refractivity contribution in [3.8, 4) is 0 Å². The summed E-state index contributed by atoms with van der Waals surface area (Å²) in [6, 6.07) is 1.46. The molecule has 17 heteroatoms. The van der Waals surface area contributed by atoms with Gasteiger partial charge in [0.2, 0.25) is 0 Å². The highest BCUT2D eigenvalue weighted by molar-refractivity contribution is 5.74. The number of aldehydes is 1. The quantitative estimate of drug-likeness (QED) is 0.112. The molecule has 0 aromatic heterocycles. The van der Waals surface area contributed by atoms with Gasteiger partial charge < -0.3 is 59.3 Å². The zero-order valence-electron chi connectivity index (χ0n) is 46.2. The van der Waals surface area contributed by atoms with Crippen LogP contribution in [0.1, 0.15) is 187 Å². The molecule has 6 aliphatic rings. The van der Waals surface area contributed by atoms with Gasteiger partial charge in [-0.05, 0) is 186 Å². The molecule has 17 nitrogen and oxygen atoms in total.